The molecule has 0 unspecified atom stereocenters. The van der Waals surface area contributed by atoms with Gasteiger partial charge in [0.1, 0.15) is 0 Å². The van der Waals surface area contributed by atoms with Crippen molar-refractivity contribution < 1.29 is 8.94 Å². The SMILES string of the molecule is CCc1nc([C@H]2CCCN2Cc2nnc(CC)o2)no1. The van der Waals surface area contributed by atoms with Crippen molar-refractivity contribution in [3.05, 3.63) is 23.5 Å². The zero-order chi connectivity index (χ0) is 13.9. The Morgan fingerprint density at radius 2 is 1.95 bits per heavy atom. The molecule has 0 radical (unpaired) electrons. The standard InChI is InChI=1S/C13H19N5O2/c1-3-10-14-13(17-20-10)9-6-5-7-18(9)8-12-16-15-11(4-2)19-12/h9H,3-8H2,1-2H3/t9-/m1/s1. The van der Waals surface area contributed by atoms with Gasteiger partial charge in [-0.05, 0) is 19.4 Å². The van der Waals surface area contributed by atoms with E-state index in [-0.39, 0.29) is 6.04 Å². The van der Waals surface area contributed by atoms with Crippen molar-refractivity contribution in [2.24, 2.45) is 0 Å². The van der Waals surface area contributed by atoms with E-state index in [1.165, 1.54) is 0 Å². The number of aryl methyl sites for hydroxylation is 2. The predicted molar refractivity (Wildman–Crippen MR) is 69.7 cm³/mol. The zero-order valence-electron chi connectivity index (χ0n) is 11.9. The number of nitrogens with zero attached hydrogens (tertiary/aromatic N) is 5. The van der Waals surface area contributed by atoms with Crippen molar-refractivity contribution in [3.63, 3.8) is 0 Å². The van der Waals surface area contributed by atoms with Crippen molar-refractivity contribution in [2.45, 2.75) is 52.1 Å². The molecular formula is C13H19N5O2. The second kappa shape index (κ2) is 5.70. The molecule has 1 aliphatic rings. The lowest BCUT2D eigenvalue weighted by Gasteiger charge is -2.19. The number of rotatable bonds is 5. The first-order valence-corrected chi connectivity index (χ1v) is 7.18. The first-order chi connectivity index (χ1) is 9.80. The van der Waals surface area contributed by atoms with Crippen LogP contribution in [0.5, 0.6) is 0 Å². The second-order valence-electron chi connectivity index (χ2n) is 4.97. The number of hydrogen-bond donors (Lipinski definition) is 0. The van der Waals surface area contributed by atoms with E-state index < -0.39 is 0 Å². The fourth-order valence-corrected chi connectivity index (χ4v) is 2.52. The smallest absolute Gasteiger partial charge is 0.230 e. The van der Waals surface area contributed by atoms with Gasteiger partial charge in [0.2, 0.25) is 17.7 Å². The van der Waals surface area contributed by atoms with Crippen LogP contribution in [0.15, 0.2) is 8.94 Å². The van der Waals surface area contributed by atoms with E-state index in [4.69, 9.17) is 8.94 Å². The van der Waals surface area contributed by atoms with E-state index in [1.807, 2.05) is 13.8 Å². The Hall–Kier alpha value is -1.76. The topological polar surface area (TPSA) is 81.1 Å². The number of aromatic nitrogens is 4. The van der Waals surface area contributed by atoms with Gasteiger partial charge < -0.3 is 8.94 Å². The van der Waals surface area contributed by atoms with Crippen LogP contribution in [0, 0.1) is 0 Å². The summed E-state index contributed by atoms with van der Waals surface area (Å²) < 4.78 is 10.8. The van der Waals surface area contributed by atoms with Crippen LogP contribution in [0.1, 0.15) is 56.2 Å². The summed E-state index contributed by atoms with van der Waals surface area (Å²) in [6.07, 6.45) is 3.69. The molecule has 0 aromatic carbocycles. The minimum atomic E-state index is 0.191. The van der Waals surface area contributed by atoms with Crippen LogP contribution in [-0.2, 0) is 19.4 Å². The van der Waals surface area contributed by atoms with Crippen LogP contribution in [0.3, 0.4) is 0 Å². The molecule has 0 saturated carbocycles. The molecule has 2 aromatic rings. The van der Waals surface area contributed by atoms with Crippen molar-refractivity contribution in [1.82, 2.24) is 25.2 Å². The van der Waals surface area contributed by atoms with Gasteiger partial charge in [-0.25, -0.2) is 0 Å². The molecule has 1 atom stereocenters. The molecule has 108 valence electrons. The lowest BCUT2D eigenvalue weighted by Crippen LogP contribution is -2.23. The van der Waals surface area contributed by atoms with Gasteiger partial charge in [-0.1, -0.05) is 19.0 Å². The van der Waals surface area contributed by atoms with Gasteiger partial charge in [-0.15, -0.1) is 10.2 Å². The molecule has 1 fully saturated rings. The van der Waals surface area contributed by atoms with Gasteiger partial charge in [0.05, 0.1) is 12.6 Å². The van der Waals surface area contributed by atoms with Crippen molar-refractivity contribution in [1.29, 1.82) is 0 Å². The van der Waals surface area contributed by atoms with E-state index in [1.54, 1.807) is 0 Å². The molecule has 7 heteroatoms. The maximum atomic E-state index is 5.58. The largest absolute Gasteiger partial charge is 0.424 e. The summed E-state index contributed by atoms with van der Waals surface area (Å²) in [4.78, 5) is 6.71. The highest BCUT2D eigenvalue weighted by atomic mass is 16.5. The first kappa shape index (κ1) is 13.2. The Balaban J connectivity index is 1.71. The maximum Gasteiger partial charge on any atom is 0.230 e. The van der Waals surface area contributed by atoms with Gasteiger partial charge in [0.15, 0.2) is 5.82 Å². The monoisotopic (exact) mass is 277 g/mol. The highest BCUT2D eigenvalue weighted by Crippen LogP contribution is 2.31. The second-order valence-corrected chi connectivity index (χ2v) is 4.97. The summed E-state index contributed by atoms with van der Waals surface area (Å²) >= 11 is 0. The van der Waals surface area contributed by atoms with Crippen LogP contribution < -0.4 is 0 Å². The Morgan fingerprint density at radius 1 is 1.15 bits per heavy atom. The average molecular weight is 277 g/mol. The van der Waals surface area contributed by atoms with Gasteiger partial charge in [0.25, 0.3) is 0 Å². The van der Waals surface area contributed by atoms with E-state index in [9.17, 15) is 0 Å². The van der Waals surface area contributed by atoms with Crippen molar-refractivity contribution in [2.75, 3.05) is 6.54 Å². The normalized spacial score (nSPS) is 19.8. The third kappa shape index (κ3) is 2.58. The van der Waals surface area contributed by atoms with Crippen LogP contribution in [0.4, 0.5) is 0 Å². The van der Waals surface area contributed by atoms with E-state index in [0.29, 0.717) is 24.2 Å². The molecule has 3 rings (SSSR count). The summed E-state index contributed by atoms with van der Waals surface area (Å²) in [5.41, 5.74) is 0. The first-order valence-electron chi connectivity index (χ1n) is 7.18. The fourth-order valence-electron chi connectivity index (χ4n) is 2.52. The molecule has 20 heavy (non-hydrogen) atoms. The third-order valence-electron chi connectivity index (χ3n) is 3.60. The lowest BCUT2D eigenvalue weighted by atomic mass is 10.2. The van der Waals surface area contributed by atoms with Crippen LogP contribution >= 0.6 is 0 Å². The van der Waals surface area contributed by atoms with Crippen LogP contribution in [-0.4, -0.2) is 31.8 Å². The molecule has 2 aromatic heterocycles. The molecule has 1 aliphatic heterocycles. The molecule has 3 heterocycles. The van der Waals surface area contributed by atoms with E-state index in [0.717, 1.165) is 38.1 Å². The quantitative estimate of drug-likeness (QED) is 0.825. The Morgan fingerprint density at radius 3 is 2.65 bits per heavy atom. The summed E-state index contributed by atoms with van der Waals surface area (Å²) in [7, 11) is 0. The highest BCUT2D eigenvalue weighted by molar-refractivity contribution is 4.99. The zero-order valence-corrected chi connectivity index (χ0v) is 11.9. The molecule has 0 aliphatic carbocycles. The van der Waals surface area contributed by atoms with Gasteiger partial charge >= 0.3 is 0 Å². The van der Waals surface area contributed by atoms with Crippen LogP contribution in [0.25, 0.3) is 0 Å². The molecular weight excluding hydrogens is 258 g/mol. The third-order valence-corrected chi connectivity index (χ3v) is 3.60. The molecule has 0 N–H and O–H groups in total. The fraction of sp³-hybridized carbons (Fsp3) is 0.692. The molecule has 0 bridgehead atoms. The van der Waals surface area contributed by atoms with E-state index >= 15 is 0 Å². The van der Waals surface area contributed by atoms with Crippen LogP contribution in [0.2, 0.25) is 0 Å². The van der Waals surface area contributed by atoms with Gasteiger partial charge in [0, 0.05) is 12.8 Å². The molecule has 0 amide bonds. The predicted octanol–water partition coefficient (Wildman–Crippen LogP) is 1.91. The maximum absolute atomic E-state index is 5.58. The number of likely N-dealkylation sites (tertiary alicyclic amines) is 1. The summed E-state index contributed by atoms with van der Waals surface area (Å²) in [6, 6.07) is 0.191. The minimum Gasteiger partial charge on any atom is -0.424 e. The van der Waals surface area contributed by atoms with Crippen molar-refractivity contribution >= 4 is 0 Å². The lowest BCUT2D eigenvalue weighted by molar-refractivity contribution is 0.210. The number of hydrogen-bond acceptors (Lipinski definition) is 7. The Labute approximate surface area is 117 Å². The van der Waals surface area contributed by atoms with Gasteiger partial charge in [-0.2, -0.15) is 4.98 Å². The Bertz CT molecular complexity index is 565. The molecule has 7 nitrogen and oxygen atoms in total. The van der Waals surface area contributed by atoms with Crippen molar-refractivity contribution in [3.8, 4) is 0 Å². The Kier molecular flexibility index (Phi) is 3.77. The summed E-state index contributed by atoms with van der Waals surface area (Å²) in [5, 5.41) is 12.2. The summed E-state index contributed by atoms with van der Waals surface area (Å²) in [5.74, 6) is 2.81. The molecule has 1 saturated heterocycles. The average Bonchev–Trinajstić information content (AvgIpc) is 3.18. The minimum absolute atomic E-state index is 0.191. The highest BCUT2D eigenvalue weighted by Gasteiger charge is 2.31. The molecule has 0 spiro atoms. The summed E-state index contributed by atoms with van der Waals surface area (Å²) in [6.45, 7) is 5.65. The van der Waals surface area contributed by atoms with Gasteiger partial charge in [-0.3, -0.25) is 4.90 Å². The van der Waals surface area contributed by atoms with E-state index in [2.05, 4.69) is 25.2 Å².